The Morgan fingerprint density at radius 2 is 0.565 bits per heavy atom. The number of hydrogen-bond acceptors (Lipinski definition) is 0. The van der Waals surface area contributed by atoms with Crippen LogP contribution in [0.1, 0.15) is 128 Å². The summed E-state index contributed by atoms with van der Waals surface area (Å²) in [6.45, 7) is 3.76. The fourth-order valence-corrected chi connectivity index (χ4v) is 3.28. The maximum absolute atomic E-state index is 11.9. The third-order valence-electron chi connectivity index (χ3n) is 4.88. The van der Waals surface area contributed by atoms with Gasteiger partial charge in [-0.2, -0.15) is 0 Å². The normalized spacial score (nSPS) is 11.2. The molecule has 0 aromatic heterocycles. The molecule has 0 aromatic carbocycles. The van der Waals surface area contributed by atoms with Crippen molar-refractivity contribution in [3.8, 4) is 0 Å². The van der Waals surface area contributed by atoms with Crippen LogP contribution in [0.3, 0.4) is 0 Å². The fourth-order valence-electron chi connectivity index (χ4n) is 3.28. The highest BCUT2D eigenvalue weighted by Crippen LogP contribution is 2.14. The molecule has 1 heteroatoms. The van der Waals surface area contributed by atoms with E-state index < -0.39 is 0 Å². The van der Waals surface area contributed by atoms with E-state index in [9.17, 15) is 4.39 Å². The molecule has 0 aliphatic carbocycles. The van der Waals surface area contributed by atoms with Gasteiger partial charge in [0.15, 0.2) is 0 Å². The molecule has 0 N–H and O–H groups in total. The van der Waals surface area contributed by atoms with E-state index in [4.69, 9.17) is 0 Å². The maximum Gasteiger partial charge on any atom is 0.0894 e. The van der Waals surface area contributed by atoms with Gasteiger partial charge < -0.3 is 0 Å². The second-order valence-electron chi connectivity index (χ2n) is 7.26. The predicted octanol–water partition coefficient (Wildman–Crippen LogP) is 8.59. The minimum Gasteiger partial charge on any atom is -0.251 e. The van der Waals surface area contributed by atoms with E-state index >= 15 is 0 Å². The van der Waals surface area contributed by atoms with Gasteiger partial charge in [0.25, 0.3) is 0 Å². The Hall–Kier alpha value is -0.0700. The number of hydrogen-bond donors (Lipinski definition) is 0. The summed E-state index contributed by atoms with van der Waals surface area (Å²) < 4.78 is 11.9. The molecular formula is C22H44F. The van der Waals surface area contributed by atoms with E-state index in [2.05, 4.69) is 6.92 Å². The summed E-state index contributed by atoms with van der Waals surface area (Å²) in [6.07, 6.45) is 26.8. The van der Waals surface area contributed by atoms with Gasteiger partial charge in [-0.1, -0.05) is 129 Å². The summed E-state index contributed by atoms with van der Waals surface area (Å²) >= 11 is 0. The van der Waals surface area contributed by atoms with Crippen LogP contribution in [-0.4, -0.2) is 6.67 Å². The highest BCUT2D eigenvalue weighted by Gasteiger charge is 1.95. The number of halogens is 1. The van der Waals surface area contributed by atoms with Crippen molar-refractivity contribution in [1.82, 2.24) is 0 Å². The summed E-state index contributed by atoms with van der Waals surface area (Å²) in [4.78, 5) is 0. The Bertz CT molecular complexity index is 170. The first-order chi connectivity index (χ1) is 11.4. The molecule has 0 spiro atoms. The first kappa shape index (κ1) is 22.9. The molecular weight excluding hydrogens is 283 g/mol. The zero-order valence-electron chi connectivity index (χ0n) is 15.9. The van der Waals surface area contributed by atoms with Crippen LogP contribution >= 0.6 is 0 Å². The predicted molar refractivity (Wildman–Crippen MR) is 104 cm³/mol. The van der Waals surface area contributed by atoms with Crippen LogP contribution in [0, 0.1) is 6.92 Å². The van der Waals surface area contributed by atoms with Crippen molar-refractivity contribution in [2.45, 2.75) is 128 Å². The SMILES string of the molecule is [CH2]CCCCCCCCCCCCCCCCCCCCCF. The molecule has 0 atom stereocenters. The molecule has 139 valence electrons. The molecule has 0 rings (SSSR count). The van der Waals surface area contributed by atoms with Crippen LogP contribution in [0.4, 0.5) is 4.39 Å². The second-order valence-corrected chi connectivity index (χ2v) is 7.26. The molecule has 0 unspecified atom stereocenters. The van der Waals surface area contributed by atoms with Crippen LogP contribution in [-0.2, 0) is 0 Å². The average molecular weight is 328 g/mol. The van der Waals surface area contributed by atoms with Crippen LogP contribution < -0.4 is 0 Å². The van der Waals surface area contributed by atoms with Crippen LogP contribution in [0.5, 0.6) is 0 Å². The van der Waals surface area contributed by atoms with Gasteiger partial charge in [0, 0.05) is 0 Å². The smallest absolute Gasteiger partial charge is 0.0894 e. The molecule has 0 saturated heterocycles. The van der Waals surface area contributed by atoms with Crippen LogP contribution in [0.15, 0.2) is 0 Å². The Labute approximate surface area is 147 Å². The molecule has 0 saturated carbocycles. The largest absolute Gasteiger partial charge is 0.251 e. The van der Waals surface area contributed by atoms with E-state index in [1.54, 1.807) is 0 Å². The van der Waals surface area contributed by atoms with E-state index in [1.165, 1.54) is 109 Å². The van der Waals surface area contributed by atoms with Crippen LogP contribution in [0.2, 0.25) is 0 Å². The lowest BCUT2D eigenvalue weighted by atomic mass is 10.0. The lowest BCUT2D eigenvalue weighted by molar-refractivity contribution is 0.448. The molecule has 23 heavy (non-hydrogen) atoms. The molecule has 0 heterocycles. The third-order valence-corrected chi connectivity index (χ3v) is 4.88. The molecule has 0 aliphatic heterocycles. The maximum atomic E-state index is 11.9. The topological polar surface area (TPSA) is 0 Å². The molecule has 0 bridgehead atoms. The second kappa shape index (κ2) is 21.9. The molecule has 0 nitrogen and oxygen atoms in total. The first-order valence-corrected chi connectivity index (χ1v) is 10.8. The number of rotatable bonds is 20. The summed E-state index contributed by atoms with van der Waals surface area (Å²) in [5.74, 6) is 0. The summed E-state index contributed by atoms with van der Waals surface area (Å²) in [5, 5.41) is 0. The van der Waals surface area contributed by atoms with Crippen molar-refractivity contribution in [1.29, 1.82) is 0 Å². The molecule has 0 fully saturated rings. The zero-order valence-corrected chi connectivity index (χ0v) is 15.9. The Balaban J connectivity index is 2.92. The van der Waals surface area contributed by atoms with Crippen molar-refractivity contribution in [2.75, 3.05) is 6.67 Å². The Morgan fingerprint density at radius 1 is 0.348 bits per heavy atom. The highest BCUT2D eigenvalue weighted by molar-refractivity contribution is 4.51. The summed E-state index contributed by atoms with van der Waals surface area (Å²) in [7, 11) is 0. The van der Waals surface area contributed by atoms with Crippen molar-refractivity contribution in [3.63, 3.8) is 0 Å². The van der Waals surface area contributed by atoms with Gasteiger partial charge in [-0.05, 0) is 6.42 Å². The van der Waals surface area contributed by atoms with Gasteiger partial charge in [0.2, 0.25) is 0 Å². The van der Waals surface area contributed by atoms with Gasteiger partial charge in [-0.15, -0.1) is 0 Å². The number of alkyl halides is 1. The lowest BCUT2D eigenvalue weighted by Crippen LogP contribution is -1.84. The molecule has 0 aromatic rings. The highest BCUT2D eigenvalue weighted by atomic mass is 19.1. The average Bonchev–Trinajstić information content (AvgIpc) is 2.57. The zero-order chi connectivity index (χ0) is 16.8. The lowest BCUT2D eigenvalue weighted by Gasteiger charge is -2.03. The van der Waals surface area contributed by atoms with Crippen LogP contribution in [0.25, 0.3) is 0 Å². The van der Waals surface area contributed by atoms with E-state index in [0.717, 1.165) is 19.3 Å². The van der Waals surface area contributed by atoms with Crippen molar-refractivity contribution < 1.29 is 4.39 Å². The van der Waals surface area contributed by atoms with Gasteiger partial charge in [0.05, 0.1) is 6.67 Å². The molecule has 0 aliphatic rings. The van der Waals surface area contributed by atoms with Gasteiger partial charge >= 0.3 is 0 Å². The number of unbranched alkanes of at least 4 members (excludes halogenated alkanes) is 19. The monoisotopic (exact) mass is 327 g/mol. The van der Waals surface area contributed by atoms with Gasteiger partial charge in [0.1, 0.15) is 0 Å². The Kier molecular flexibility index (Phi) is 21.9. The van der Waals surface area contributed by atoms with Gasteiger partial charge in [-0.3, -0.25) is 4.39 Å². The van der Waals surface area contributed by atoms with E-state index in [0.29, 0.717) is 0 Å². The van der Waals surface area contributed by atoms with E-state index in [-0.39, 0.29) is 6.67 Å². The van der Waals surface area contributed by atoms with Crippen molar-refractivity contribution in [3.05, 3.63) is 6.92 Å². The first-order valence-electron chi connectivity index (χ1n) is 10.8. The van der Waals surface area contributed by atoms with Crippen molar-refractivity contribution in [2.24, 2.45) is 0 Å². The fraction of sp³-hybridized carbons (Fsp3) is 0.955. The molecule has 0 amide bonds. The standard InChI is InChI=1S/C22H44F/c1-2-3-4-5-6-7-8-9-10-11-12-13-14-15-16-17-18-19-20-21-22-23/h1-22H2. The third kappa shape index (κ3) is 21.9. The minimum absolute atomic E-state index is 0.128. The minimum atomic E-state index is -0.128. The Morgan fingerprint density at radius 3 is 0.783 bits per heavy atom. The van der Waals surface area contributed by atoms with Gasteiger partial charge in [-0.25, -0.2) is 0 Å². The molecule has 1 radical (unpaired) electrons. The summed E-state index contributed by atoms with van der Waals surface area (Å²) in [5.41, 5.74) is 0. The quantitative estimate of drug-likeness (QED) is 0.196. The van der Waals surface area contributed by atoms with E-state index in [1.807, 2.05) is 0 Å². The summed E-state index contributed by atoms with van der Waals surface area (Å²) in [6, 6.07) is 0. The van der Waals surface area contributed by atoms with Crippen molar-refractivity contribution >= 4 is 0 Å².